The third kappa shape index (κ3) is 1.79. The summed E-state index contributed by atoms with van der Waals surface area (Å²) in [6, 6.07) is 0. The van der Waals surface area contributed by atoms with E-state index in [0.717, 1.165) is 18.8 Å². The standard InChI is InChI=1S/C8H15N3/c1-6(2)7-4-3-5-10-8(7)11-9/h6,9-10H,3-5H2,1-2H3. The fraction of sp³-hybridized carbons (Fsp3) is 0.750. The van der Waals surface area contributed by atoms with Crippen molar-refractivity contribution in [2.24, 2.45) is 11.0 Å². The largest absolute Gasteiger partial charge is 0.369 e. The van der Waals surface area contributed by atoms with Crippen molar-refractivity contribution < 1.29 is 0 Å². The smallest absolute Gasteiger partial charge is 0.147 e. The van der Waals surface area contributed by atoms with Crippen LogP contribution in [0.1, 0.15) is 26.7 Å². The highest BCUT2D eigenvalue weighted by Crippen LogP contribution is 2.22. The summed E-state index contributed by atoms with van der Waals surface area (Å²) < 4.78 is 0. The molecule has 0 radical (unpaired) electrons. The van der Waals surface area contributed by atoms with Crippen LogP contribution in [0.2, 0.25) is 0 Å². The molecule has 0 spiro atoms. The van der Waals surface area contributed by atoms with Crippen LogP contribution in [0, 0.1) is 11.4 Å². The molecule has 0 aromatic heterocycles. The zero-order valence-corrected chi connectivity index (χ0v) is 7.15. The van der Waals surface area contributed by atoms with Crippen LogP contribution in [0.25, 0.3) is 0 Å². The summed E-state index contributed by atoms with van der Waals surface area (Å²) in [6.45, 7) is 5.26. The van der Waals surface area contributed by atoms with Gasteiger partial charge >= 0.3 is 0 Å². The first-order valence-electron chi connectivity index (χ1n) is 4.10. The van der Waals surface area contributed by atoms with E-state index in [1.54, 1.807) is 0 Å². The zero-order valence-electron chi connectivity index (χ0n) is 7.15. The molecule has 1 aliphatic heterocycles. The fourth-order valence-corrected chi connectivity index (χ4v) is 1.39. The molecule has 0 fully saturated rings. The van der Waals surface area contributed by atoms with Gasteiger partial charge < -0.3 is 5.32 Å². The Kier molecular flexibility index (Phi) is 2.63. The Morgan fingerprint density at radius 3 is 2.73 bits per heavy atom. The predicted molar refractivity (Wildman–Crippen MR) is 44.2 cm³/mol. The summed E-state index contributed by atoms with van der Waals surface area (Å²) >= 11 is 0. The average Bonchev–Trinajstić information content (AvgIpc) is 2.04. The molecular formula is C8H15N3. The van der Waals surface area contributed by atoms with Crippen molar-refractivity contribution in [2.75, 3.05) is 6.54 Å². The fourth-order valence-electron chi connectivity index (χ4n) is 1.39. The number of rotatable bonds is 2. The first kappa shape index (κ1) is 8.24. The minimum absolute atomic E-state index is 0.520. The van der Waals surface area contributed by atoms with Crippen LogP contribution in [-0.2, 0) is 0 Å². The van der Waals surface area contributed by atoms with Crippen LogP contribution in [0.15, 0.2) is 16.5 Å². The van der Waals surface area contributed by atoms with E-state index in [1.165, 1.54) is 12.0 Å². The summed E-state index contributed by atoms with van der Waals surface area (Å²) in [4.78, 5) is 0. The highest BCUT2D eigenvalue weighted by atomic mass is 15.1. The molecule has 3 nitrogen and oxygen atoms in total. The Bertz CT molecular complexity index is 182. The molecule has 0 saturated carbocycles. The van der Waals surface area contributed by atoms with Gasteiger partial charge in [-0.1, -0.05) is 13.8 Å². The molecule has 3 heteroatoms. The van der Waals surface area contributed by atoms with Gasteiger partial charge in [-0.15, -0.1) is 5.11 Å². The second-order valence-corrected chi connectivity index (χ2v) is 3.17. The van der Waals surface area contributed by atoms with Crippen molar-refractivity contribution in [3.8, 4) is 0 Å². The van der Waals surface area contributed by atoms with Crippen LogP contribution < -0.4 is 5.32 Å². The molecule has 11 heavy (non-hydrogen) atoms. The number of allylic oxidation sites excluding steroid dienone is 1. The minimum Gasteiger partial charge on any atom is -0.369 e. The normalized spacial score (nSPS) is 18.5. The van der Waals surface area contributed by atoms with Crippen LogP contribution in [0.3, 0.4) is 0 Å². The quantitative estimate of drug-likeness (QED) is 0.587. The maximum absolute atomic E-state index is 6.93. The lowest BCUT2D eigenvalue weighted by Crippen LogP contribution is -2.22. The molecule has 0 aromatic carbocycles. The Balaban J connectivity index is 2.81. The van der Waals surface area contributed by atoms with Crippen molar-refractivity contribution in [2.45, 2.75) is 26.7 Å². The van der Waals surface area contributed by atoms with E-state index < -0.39 is 0 Å². The Labute approximate surface area is 67.4 Å². The lowest BCUT2D eigenvalue weighted by Gasteiger charge is -2.20. The van der Waals surface area contributed by atoms with Gasteiger partial charge in [-0.2, -0.15) is 0 Å². The molecule has 0 bridgehead atoms. The van der Waals surface area contributed by atoms with Crippen molar-refractivity contribution in [3.05, 3.63) is 11.4 Å². The Morgan fingerprint density at radius 1 is 1.55 bits per heavy atom. The van der Waals surface area contributed by atoms with Gasteiger partial charge in [0.2, 0.25) is 0 Å². The molecular weight excluding hydrogens is 138 g/mol. The number of hydrogen-bond donors (Lipinski definition) is 2. The van der Waals surface area contributed by atoms with E-state index in [2.05, 4.69) is 24.3 Å². The molecule has 0 aliphatic carbocycles. The molecule has 0 amide bonds. The second kappa shape index (κ2) is 3.51. The van der Waals surface area contributed by atoms with Gasteiger partial charge in [0.15, 0.2) is 0 Å². The van der Waals surface area contributed by atoms with Crippen molar-refractivity contribution in [3.63, 3.8) is 0 Å². The van der Waals surface area contributed by atoms with Crippen LogP contribution >= 0.6 is 0 Å². The summed E-state index contributed by atoms with van der Waals surface area (Å²) in [6.07, 6.45) is 2.27. The number of hydrogen-bond acceptors (Lipinski definition) is 3. The first-order valence-corrected chi connectivity index (χ1v) is 4.10. The summed E-state index contributed by atoms with van der Waals surface area (Å²) in [5, 5.41) is 6.59. The number of nitrogens with zero attached hydrogens (tertiary/aromatic N) is 1. The van der Waals surface area contributed by atoms with E-state index in [-0.39, 0.29) is 0 Å². The van der Waals surface area contributed by atoms with Crippen molar-refractivity contribution in [1.29, 1.82) is 5.53 Å². The van der Waals surface area contributed by atoms with Crippen LogP contribution in [0.5, 0.6) is 0 Å². The highest BCUT2D eigenvalue weighted by Gasteiger charge is 2.13. The molecule has 1 aliphatic rings. The number of nitrogens with one attached hydrogen (secondary N) is 2. The van der Waals surface area contributed by atoms with Gasteiger partial charge in [-0.25, -0.2) is 5.53 Å². The minimum atomic E-state index is 0.520. The SMILES string of the molecule is CC(C)C1=C(N=N)NCCC1. The van der Waals surface area contributed by atoms with Crippen molar-refractivity contribution >= 4 is 0 Å². The molecule has 0 atom stereocenters. The van der Waals surface area contributed by atoms with Crippen molar-refractivity contribution in [1.82, 2.24) is 5.32 Å². The van der Waals surface area contributed by atoms with Crippen LogP contribution in [0.4, 0.5) is 0 Å². The zero-order chi connectivity index (χ0) is 8.27. The van der Waals surface area contributed by atoms with Gasteiger partial charge in [0.25, 0.3) is 0 Å². The average molecular weight is 153 g/mol. The third-order valence-electron chi connectivity index (χ3n) is 2.03. The van der Waals surface area contributed by atoms with Gasteiger partial charge in [0, 0.05) is 6.54 Å². The highest BCUT2D eigenvalue weighted by molar-refractivity contribution is 5.15. The monoisotopic (exact) mass is 153 g/mol. The van der Waals surface area contributed by atoms with E-state index in [4.69, 9.17) is 5.53 Å². The Morgan fingerprint density at radius 2 is 2.27 bits per heavy atom. The molecule has 1 rings (SSSR count). The summed E-state index contributed by atoms with van der Waals surface area (Å²) in [5.41, 5.74) is 8.22. The predicted octanol–water partition coefficient (Wildman–Crippen LogP) is 2.27. The maximum atomic E-state index is 6.93. The molecule has 2 N–H and O–H groups in total. The second-order valence-electron chi connectivity index (χ2n) is 3.17. The van der Waals surface area contributed by atoms with Gasteiger partial charge in [-0.3, -0.25) is 0 Å². The molecule has 0 unspecified atom stereocenters. The lowest BCUT2D eigenvalue weighted by molar-refractivity contribution is 0.577. The summed E-state index contributed by atoms with van der Waals surface area (Å²) in [7, 11) is 0. The van der Waals surface area contributed by atoms with E-state index in [9.17, 15) is 0 Å². The van der Waals surface area contributed by atoms with E-state index in [1.807, 2.05) is 0 Å². The molecule has 1 heterocycles. The first-order chi connectivity index (χ1) is 5.25. The van der Waals surface area contributed by atoms with Gasteiger partial charge in [0.05, 0.1) is 0 Å². The molecule has 0 saturated heterocycles. The molecule has 62 valence electrons. The Hall–Kier alpha value is -0.860. The third-order valence-corrected chi connectivity index (χ3v) is 2.03. The van der Waals surface area contributed by atoms with Gasteiger partial charge in [0.1, 0.15) is 5.82 Å². The maximum Gasteiger partial charge on any atom is 0.147 e. The summed E-state index contributed by atoms with van der Waals surface area (Å²) in [5.74, 6) is 1.32. The lowest BCUT2D eigenvalue weighted by atomic mass is 9.96. The molecule has 0 aromatic rings. The van der Waals surface area contributed by atoms with Gasteiger partial charge in [-0.05, 0) is 24.3 Å². The van der Waals surface area contributed by atoms with E-state index in [0.29, 0.717) is 5.92 Å². The topological polar surface area (TPSA) is 48.2 Å². The van der Waals surface area contributed by atoms with Crippen LogP contribution in [-0.4, -0.2) is 6.54 Å². The van der Waals surface area contributed by atoms with E-state index >= 15 is 0 Å².